The Bertz CT molecular complexity index is 494. The average molecular weight is 220 g/mol. The number of oxazole rings is 1. The molecule has 0 aliphatic rings. The van der Waals surface area contributed by atoms with Crippen LogP contribution in [0.4, 0.5) is 4.39 Å². The Kier molecular flexibility index (Phi) is 3.01. The number of hydrogen-bond acceptors (Lipinski definition) is 3. The van der Waals surface area contributed by atoms with E-state index in [9.17, 15) is 4.39 Å². The van der Waals surface area contributed by atoms with Crippen molar-refractivity contribution in [1.29, 1.82) is 0 Å². The second-order valence-corrected chi connectivity index (χ2v) is 3.54. The first-order chi connectivity index (χ1) is 7.72. The number of hydrogen-bond donors (Lipinski definition) is 1. The first-order valence-corrected chi connectivity index (χ1v) is 5.13. The number of nitrogens with two attached hydrogens (primary N) is 1. The van der Waals surface area contributed by atoms with Crippen molar-refractivity contribution in [2.75, 3.05) is 6.54 Å². The zero-order chi connectivity index (χ0) is 11.5. The van der Waals surface area contributed by atoms with Crippen molar-refractivity contribution in [2.24, 2.45) is 5.73 Å². The Morgan fingerprint density at radius 2 is 2.12 bits per heavy atom. The van der Waals surface area contributed by atoms with Gasteiger partial charge in [0.15, 0.2) is 0 Å². The Morgan fingerprint density at radius 1 is 1.38 bits per heavy atom. The molecule has 0 saturated carbocycles. The standard InChI is InChI=1S/C12H13FN2O/c1-8-11(6-7-14)15-12(16-8)9-4-2-3-5-10(9)13/h2-5H,6-7,14H2,1H3. The lowest BCUT2D eigenvalue weighted by atomic mass is 10.2. The van der Waals surface area contributed by atoms with Crippen LogP contribution in [0.5, 0.6) is 0 Å². The van der Waals surface area contributed by atoms with Gasteiger partial charge in [0.25, 0.3) is 0 Å². The lowest BCUT2D eigenvalue weighted by molar-refractivity contribution is 0.532. The van der Waals surface area contributed by atoms with Gasteiger partial charge in [-0.15, -0.1) is 0 Å². The van der Waals surface area contributed by atoms with Crippen molar-refractivity contribution in [3.63, 3.8) is 0 Å². The van der Waals surface area contributed by atoms with E-state index in [4.69, 9.17) is 10.2 Å². The largest absolute Gasteiger partial charge is 0.441 e. The summed E-state index contributed by atoms with van der Waals surface area (Å²) in [6.07, 6.45) is 0.643. The maximum atomic E-state index is 13.5. The number of aromatic nitrogens is 1. The molecule has 0 radical (unpaired) electrons. The van der Waals surface area contributed by atoms with E-state index in [1.54, 1.807) is 18.2 Å². The molecule has 1 aromatic carbocycles. The van der Waals surface area contributed by atoms with Crippen LogP contribution < -0.4 is 5.73 Å². The third kappa shape index (κ3) is 1.97. The van der Waals surface area contributed by atoms with Crippen molar-refractivity contribution < 1.29 is 8.81 Å². The van der Waals surface area contributed by atoms with Crippen molar-refractivity contribution >= 4 is 0 Å². The quantitative estimate of drug-likeness (QED) is 0.863. The van der Waals surface area contributed by atoms with Gasteiger partial charge < -0.3 is 10.2 Å². The molecule has 16 heavy (non-hydrogen) atoms. The van der Waals surface area contributed by atoms with Crippen molar-refractivity contribution in [1.82, 2.24) is 4.98 Å². The lowest BCUT2D eigenvalue weighted by Gasteiger charge is -1.95. The van der Waals surface area contributed by atoms with Crippen LogP contribution >= 0.6 is 0 Å². The van der Waals surface area contributed by atoms with Gasteiger partial charge in [-0.3, -0.25) is 0 Å². The molecule has 0 aliphatic carbocycles. The van der Waals surface area contributed by atoms with E-state index >= 15 is 0 Å². The van der Waals surface area contributed by atoms with Crippen LogP contribution in [-0.4, -0.2) is 11.5 Å². The molecule has 0 atom stereocenters. The molecule has 4 heteroatoms. The molecule has 2 aromatic rings. The van der Waals surface area contributed by atoms with Gasteiger partial charge in [0, 0.05) is 6.42 Å². The minimum absolute atomic E-state index is 0.319. The molecular weight excluding hydrogens is 207 g/mol. The predicted octanol–water partition coefficient (Wildman–Crippen LogP) is 2.29. The fraction of sp³-hybridized carbons (Fsp3) is 0.250. The highest BCUT2D eigenvalue weighted by Crippen LogP contribution is 2.24. The average Bonchev–Trinajstić information content (AvgIpc) is 2.61. The van der Waals surface area contributed by atoms with Gasteiger partial charge in [-0.25, -0.2) is 9.37 Å². The highest BCUT2D eigenvalue weighted by atomic mass is 19.1. The molecule has 3 nitrogen and oxygen atoms in total. The maximum absolute atomic E-state index is 13.5. The number of aryl methyl sites for hydroxylation is 1. The fourth-order valence-electron chi connectivity index (χ4n) is 1.55. The summed E-state index contributed by atoms with van der Waals surface area (Å²) in [5, 5.41) is 0. The van der Waals surface area contributed by atoms with Gasteiger partial charge in [-0.05, 0) is 25.6 Å². The lowest BCUT2D eigenvalue weighted by Crippen LogP contribution is -2.03. The van der Waals surface area contributed by atoms with E-state index in [0.29, 0.717) is 30.2 Å². The monoisotopic (exact) mass is 220 g/mol. The summed E-state index contributed by atoms with van der Waals surface area (Å²) < 4.78 is 18.9. The summed E-state index contributed by atoms with van der Waals surface area (Å²) in [6.45, 7) is 2.31. The second kappa shape index (κ2) is 4.45. The van der Waals surface area contributed by atoms with Crippen molar-refractivity contribution in [2.45, 2.75) is 13.3 Å². The summed E-state index contributed by atoms with van der Waals surface area (Å²) in [5.74, 6) is 0.686. The van der Waals surface area contributed by atoms with Crippen LogP contribution in [0.2, 0.25) is 0 Å². The Morgan fingerprint density at radius 3 is 2.81 bits per heavy atom. The van der Waals surface area contributed by atoms with Crippen molar-refractivity contribution in [3.05, 3.63) is 41.5 Å². The molecule has 2 rings (SSSR count). The highest BCUT2D eigenvalue weighted by Gasteiger charge is 2.13. The normalized spacial score (nSPS) is 10.7. The van der Waals surface area contributed by atoms with E-state index in [2.05, 4.69) is 4.98 Å². The van der Waals surface area contributed by atoms with E-state index in [0.717, 1.165) is 5.69 Å². The minimum Gasteiger partial charge on any atom is -0.441 e. The molecule has 0 amide bonds. The number of nitrogens with zero attached hydrogens (tertiary/aromatic N) is 1. The van der Waals surface area contributed by atoms with E-state index in [1.165, 1.54) is 6.07 Å². The van der Waals surface area contributed by atoms with E-state index in [1.807, 2.05) is 6.92 Å². The zero-order valence-electron chi connectivity index (χ0n) is 9.03. The van der Waals surface area contributed by atoms with Crippen molar-refractivity contribution in [3.8, 4) is 11.5 Å². The number of rotatable bonds is 3. The Balaban J connectivity index is 2.42. The van der Waals surface area contributed by atoms with Gasteiger partial charge in [0.2, 0.25) is 5.89 Å². The fourth-order valence-corrected chi connectivity index (χ4v) is 1.55. The summed E-state index contributed by atoms with van der Waals surface area (Å²) >= 11 is 0. The Hall–Kier alpha value is -1.68. The van der Waals surface area contributed by atoms with Crippen LogP contribution in [0, 0.1) is 12.7 Å². The third-order valence-corrected chi connectivity index (χ3v) is 2.38. The molecule has 0 fully saturated rings. The van der Waals surface area contributed by atoms with Crippen LogP contribution in [0.15, 0.2) is 28.7 Å². The molecule has 0 saturated heterocycles. The van der Waals surface area contributed by atoms with E-state index in [-0.39, 0.29) is 5.82 Å². The Labute approximate surface area is 93.1 Å². The molecule has 0 spiro atoms. The van der Waals surface area contributed by atoms with E-state index < -0.39 is 0 Å². The van der Waals surface area contributed by atoms with Gasteiger partial charge in [0.05, 0.1) is 11.3 Å². The third-order valence-electron chi connectivity index (χ3n) is 2.38. The SMILES string of the molecule is Cc1oc(-c2ccccc2F)nc1CCN. The van der Waals surface area contributed by atoms with Crippen LogP contribution in [0.3, 0.4) is 0 Å². The molecule has 2 N–H and O–H groups in total. The topological polar surface area (TPSA) is 52.0 Å². The van der Waals surface area contributed by atoms with Crippen LogP contribution in [0.25, 0.3) is 11.5 Å². The molecule has 0 bridgehead atoms. The van der Waals surface area contributed by atoms with Crippen LogP contribution in [0.1, 0.15) is 11.5 Å². The molecule has 0 aliphatic heterocycles. The number of halogens is 1. The molecule has 1 aromatic heterocycles. The highest BCUT2D eigenvalue weighted by molar-refractivity contribution is 5.54. The summed E-state index contributed by atoms with van der Waals surface area (Å²) in [4.78, 5) is 4.24. The summed E-state index contributed by atoms with van der Waals surface area (Å²) in [5.41, 5.74) is 6.63. The molecule has 1 heterocycles. The molecular formula is C12H13FN2O. The van der Waals surface area contributed by atoms with Gasteiger partial charge >= 0.3 is 0 Å². The first-order valence-electron chi connectivity index (χ1n) is 5.13. The second-order valence-electron chi connectivity index (χ2n) is 3.54. The smallest absolute Gasteiger partial charge is 0.229 e. The maximum Gasteiger partial charge on any atom is 0.229 e. The van der Waals surface area contributed by atoms with Crippen LogP contribution in [-0.2, 0) is 6.42 Å². The first kappa shape index (κ1) is 10.8. The van der Waals surface area contributed by atoms with Gasteiger partial charge in [-0.2, -0.15) is 0 Å². The predicted molar refractivity (Wildman–Crippen MR) is 59.4 cm³/mol. The number of benzene rings is 1. The summed E-state index contributed by atoms with van der Waals surface area (Å²) in [7, 11) is 0. The minimum atomic E-state index is -0.331. The summed E-state index contributed by atoms with van der Waals surface area (Å²) in [6, 6.07) is 6.42. The van der Waals surface area contributed by atoms with Gasteiger partial charge in [-0.1, -0.05) is 12.1 Å². The zero-order valence-corrected chi connectivity index (χ0v) is 9.03. The molecule has 0 unspecified atom stereocenters. The molecule has 84 valence electrons. The van der Waals surface area contributed by atoms with Gasteiger partial charge in [0.1, 0.15) is 11.6 Å².